The van der Waals surface area contributed by atoms with Crippen LogP contribution in [0.4, 0.5) is 11.4 Å². The standard InChI is InChI=1S/C33H30N2O5/c36-31(37)20-9-10-21-24(17-20)33(40-32(21)38)25-15-18-5-1-11-34-13-3-7-22(27(18)34)29(25)39-30-23-8-4-14-35-12-2-6-19(28(23)35)16-26(30)33/h9-10,15-17H,1-8,11-14H2,(H,36,37). The fraction of sp³-hybridized carbons (Fsp3) is 0.394. The third-order valence-corrected chi connectivity index (χ3v) is 10.0. The minimum Gasteiger partial charge on any atom is -0.478 e. The van der Waals surface area contributed by atoms with Gasteiger partial charge < -0.3 is 24.4 Å². The predicted molar refractivity (Wildman–Crippen MR) is 149 cm³/mol. The molecule has 0 fully saturated rings. The van der Waals surface area contributed by atoms with Gasteiger partial charge in [0.2, 0.25) is 0 Å². The van der Waals surface area contributed by atoms with E-state index in [4.69, 9.17) is 9.47 Å². The molecule has 0 unspecified atom stereocenters. The number of carboxylic acids is 1. The number of benzene rings is 3. The summed E-state index contributed by atoms with van der Waals surface area (Å²) in [4.78, 5) is 30.8. The molecule has 0 aliphatic carbocycles. The van der Waals surface area contributed by atoms with Gasteiger partial charge in [-0.25, -0.2) is 9.59 Å². The van der Waals surface area contributed by atoms with Crippen LogP contribution in [-0.2, 0) is 36.0 Å². The molecule has 0 atom stereocenters. The van der Waals surface area contributed by atoms with Crippen LogP contribution >= 0.6 is 0 Å². The molecule has 0 radical (unpaired) electrons. The molecule has 6 aliphatic heterocycles. The molecule has 0 amide bonds. The number of hydrogen-bond acceptors (Lipinski definition) is 6. The lowest BCUT2D eigenvalue weighted by Crippen LogP contribution is -2.40. The van der Waals surface area contributed by atoms with E-state index in [0.29, 0.717) is 11.1 Å². The summed E-state index contributed by atoms with van der Waals surface area (Å²) in [5.74, 6) is 0.190. The Balaban J connectivity index is 1.42. The zero-order chi connectivity index (χ0) is 26.7. The number of ether oxygens (including phenoxy) is 2. The van der Waals surface area contributed by atoms with Gasteiger partial charge in [0, 0.05) is 65.4 Å². The normalized spacial score (nSPS) is 20.6. The zero-order valence-electron chi connectivity index (χ0n) is 22.3. The highest BCUT2D eigenvalue weighted by Gasteiger charge is 2.56. The summed E-state index contributed by atoms with van der Waals surface area (Å²) in [5.41, 5.74) is 9.23. The first kappa shape index (κ1) is 22.8. The number of aromatic carboxylic acids is 1. The molecule has 3 aromatic rings. The number of carbonyl (C=O) groups is 2. The van der Waals surface area contributed by atoms with Crippen molar-refractivity contribution < 1.29 is 24.2 Å². The van der Waals surface area contributed by atoms with Gasteiger partial charge in [-0.05, 0) is 92.8 Å². The van der Waals surface area contributed by atoms with Crippen molar-refractivity contribution in [3.8, 4) is 11.5 Å². The fourth-order valence-electron chi connectivity index (χ4n) is 8.46. The average Bonchev–Trinajstić information content (AvgIpc) is 3.27. The number of anilines is 2. The minimum atomic E-state index is -1.24. The van der Waals surface area contributed by atoms with E-state index in [1.54, 1.807) is 12.1 Å². The van der Waals surface area contributed by atoms with Crippen molar-refractivity contribution in [1.82, 2.24) is 0 Å². The Morgan fingerprint density at radius 3 is 1.85 bits per heavy atom. The van der Waals surface area contributed by atoms with Crippen molar-refractivity contribution in [3.05, 3.63) is 80.4 Å². The second-order valence-corrected chi connectivity index (χ2v) is 12.1. The summed E-state index contributed by atoms with van der Waals surface area (Å²) in [5, 5.41) is 9.95. The highest BCUT2D eigenvalue weighted by molar-refractivity contribution is 5.99. The van der Waals surface area contributed by atoms with Crippen LogP contribution in [0.25, 0.3) is 0 Å². The summed E-state index contributed by atoms with van der Waals surface area (Å²) < 4.78 is 13.7. The Kier molecular flexibility index (Phi) is 4.44. The molecule has 6 aliphatic rings. The number of fused-ring (bicyclic) bond motifs is 8. The number of carboxylic acid groups (broad SMARTS) is 1. The van der Waals surface area contributed by atoms with Crippen molar-refractivity contribution in [2.75, 3.05) is 36.0 Å². The number of aryl methyl sites for hydroxylation is 2. The molecular weight excluding hydrogens is 504 g/mol. The van der Waals surface area contributed by atoms with Crippen molar-refractivity contribution in [1.29, 1.82) is 0 Å². The van der Waals surface area contributed by atoms with E-state index in [1.807, 2.05) is 0 Å². The van der Waals surface area contributed by atoms with E-state index in [0.717, 1.165) is 100 Å². The SMILES string of the molecule is O=C(O)c1ccc2c(c1)C1(OC2=O)c2cc3c4c(c2Oc2c1cc1c5c2CCCN5CCC1)CCCN4CCC3. The Hall–Kier alpha value is -4.00. The van der Waals surface area contributed by atoms with E-state index in [9.17, 15) is 14.7 Å². The topological polar surface area (TPSA) is 79.3 Å². The molecule has 6 heterocycles. The van der Waals surface area contributed by atoms with Crippen LogP contribution in [-0.4, -0.2) is 43.2 Å². The first-order chi connectivity index (χ1) is 19.5. The number of hydrogen-bond donors (Lipinski definition) is 1. The van der Waals surface area contributed by atoms with Crippen LogP contribution < -0.4 is 14.5 Å². The number of nitrogens with zero attached hydrogens (tertiary/aromatic N) is 2. The van der Waals surface area contributed by atoms with Crippen molar-refractivity contribution in [3.63, 3.8) is 0 Å². The number of carbonyl (C=O) groups excluding carboxylic acids is 1. The van der Waals surface area contributed by atoms with Crippen molar-refractivity contribution in [2.45, 2.75) is 57.0 Å². The van der Waals surface area contributed by atoms with Crippen LogP contribution in [0, 0.1) is 0 Å². The molecule has 202 valence electrons. The average molecular weight is 535 g/mol. The van der Waals surface area contributed by atoms with Gasteiger partial charge in [0.1, 0.15) is 11.5 Å². The summed E-state index contributed by atoms with van der Waals surface area (Å²) in [6.07, 6.45) is 8.04. The molecule has 0 saturated carbocycles. The highest BCUT2D eigenvalue weighted by Crippen LogP contribution is 2.61. The molecular formula is C33H30N2O5. The summed E-state index contributed by atoms with van der Waals surface area (Å²) >= 11 is 0. The molecule has 1 spiro atoms. The molecule has 40 heavy (non-hydrogen) atoms. The fourth-order valence-corrected chi connectivity index (χ4v) is 8.46. The Morgan fingerprint density at radius 2 is 1.30 bits per heavy atom. The third kappa shape index (κ3) is 2.75. The van der Waals surface area contributed by atoms with Gasteiger partial charge in [-0.2, -0.15) is 0 Å². The van der Waals surface area contributed by atoms with Gasteiger partial charge in [0.05, 0.1) is 11.1 Å². The van der Waals surface area contributed by atoms with E-state index in [-0.39, 0.29) is 5.56 Å². The Labute approximate surface area is 232 Å². The quantitative estimate of drug-likeness (QED) is 0.422. The molecule has 7 heteroatoms. The lowest BCUT2D eigenvalue weighted by atomic mass is 9.72. The largest absolute Gasteiger partial charge is 0.478 e. The maximum atomic E-state index is 13.6. The smallest absolute Gasteiger partial charge is 0.340 e. The first-order valence-corrected chi connectivity index (χ1v) is 14.7. The second-order valence-electron chi connectivity index (χ2n) is 12.1. The molecule has 1 N–H and O–H groups in total. The van der Waals surface area contributed by atoms with E-state index in [1.165, 1.54) is 39.7 Å². The van der Waals surface area contributed by atoms with Gasteiger partial charge in [0.15, 0.2) is 5.60 Å². The molecule has 0 bridgehead atoms. The molecule has 0 saturated heterocycles. The minimum absolute atomic E-state index is 0.155. The molecule has 7 nitrogen and oxygen atoms in total. The maximum Gasteiger partial charge on any atom is 0.340 e. The number of esters is 1. The van der Waals surface area contributed by atoms with Gasteiger partial charge in [-0.15, -0.1) is 0 Å². The molecule has 9 rings (SSSR count). The van der Waals surface area contributed by atoms with E-state index >= 15 is 0 Å². The Morgan fingerprint density at radius 1 is 0.750 bits per heavy atom. The molecule has 3 aromatic carbocycles. The van der Waals surface area contributed by atoms with Crippen LogP contribution in [0.2, 0.25) is 0 Å². The van der Waals surface area contributed by atoms with Crippen LogP contribution in [0.5, 0.6) is 11.5 Å². The summed E-state index contributed by atoms with van der Waals surface area (Å²) in [6, 6.07) is 9.21. The Bertz CT molecular complexity index is 1610. The lowest BCUT2D eigenvalue weighted by Gasteiger charge is -2.45. The summed E-state index contributed by atoms with van der Waals surface area (Å²) in [6.45, 7) is 4.20. The van der Waals surface area contributed by atoms with Crippen LogP contribution in [0.15, 0.2) is 30.3 Å². The highest BCUT2D eigenvalue weighted by atomic mass is 16.6. The first-order valence-electron chi connectivity index (χ1n) is 14.7. The van der Waals surface area contributed by atoms with E-state index < -0.39 is 17.5 Å². The number of rotatable bonds is 1. The predicted octanol–water partition coefficient (Wildman–Crippen LogP) is 5.35. The monoisotopic (exact) mass is 534 g/mol. The molecule has 0 aromatic heterocycles. The maximum absolute atomic E-state index is 13.6. The summed E-state index contributed by atoms with van der Waals surface area (Å²) in [7, 11) is 0. The van der Waals surface area contributed by atoms with Crippen LogP contribution in [0.1, 0.15) is 85.3 Å². The van der Waals surface area contributed by atoms with Gasteiger partial charge in [0.25, 0.3) is 0 Å². The van der Waals surface area contributed by atoms with Crippen molar-refractivity contribution in [2.24, 2.45) is 0 Å². The van der Waals surface area contributed by atoms with Gasteiger partial charge in [-0.1, -0.05) is 0 Å². The lowest BCUT2D eigenvalue weighted by molar-refractivity contribution is 0.0222. The van der Waals surface area contributed by atoms with Gasteiger partial charge >= 0.3 is 11.9 Å². The van der Waals surface area contributed by atoms with Gasteiger partial charge in [-0.3, -0.25) is 0 Å². The van der Waals surface area contributed by atoms with Crippen LogP contribution in [0.3, 0.4) is 0 Å². The van der Waals surface area contributed by atoms with E-state index in [2.05, 4.69) is 21.9 Å². The second kappa shape index (κ2) is 7.80. The van der Waals surface area contributed by atoms with Crippen molar-refractivity contribution >= 4 is 23.3 Å². The zero-order valence-corrected chi connectivity index (χ0v) is 22.3. The third-order valence-electron chi connectivity index (χ3n) is 10.0.